The number of carbonyl (C=O) groups excluding carboxylic acids is 1. The summed E-state index contributed by atoms with van der Waals surface area (Å²) in [5, 5.41) is 9.75. The molecule has 0 radical (unpaired) electrons. The van der Waals surface area contributed by atoms with Gasteiger partial charge in [-0.2, -0.15) is 0 Å². The van der Waals surface area contributed by atoms with Gasteiger partial charge in [-0.1, -0.05) is 29.8 Å². The van der Waals surface area contributed by atoms with Crippen molar-refractivity contribution >= 4 is 6.03 Å². The molecule has 23 heavy (non-hydrogen) atoms. The van der Waals surface area contributed by atoms with E-state index in [4.69, 9.17) is 0 Å². The third kappa shape index (κ3) is 5.87. The van der Waals surface area contributed by atoms with Crippen LogP contribution < -0.4 is 16.0 Å². The van der Waals surface area contributed by atoms with Gasteiger partial charge < -0.3 is 16.0 Å². The standard InChI is InChI=1S/C19H31N3O/c1-14-7-6-8-15(11-14)9-10-20-17(23)21-16-12-18(2,3)22-19(4,5)13-16/h6-8,11,16,22H,9-10,12-13H2,1-5H3,(H2,20,21,23). The summed E-state index contributed by atoms with van der Waals surface area (Å²) < 4.78 is 0. The number of piperidine rings is 1. The monoisotopic (exact) mass is 317 g/mol. The summed E-state index contributed by atoms with van der Waals surface area (Å²) in [4.78, 5) is 12.1. The van der Waals surface area contributed by atoms with Crippen molar-refractivity contribution < 1.29 is 4.79 Å². The Balaban J connectivity index is 1.78. The molecule has 4 nitrogen and oxygen atoms in total. The molecule has 0 atom stereocenters. The Morgan fingerprint density at radius 2 is 1.87 bits per heavy atom. The van der Waals surface area contributed by atoms with Gasteiger partial charge >= 0.3 is 6.03 Å². The van der Waals surface area contributed by atoms with Crippen molar-refractivity contribution in [2.45, 2.75) is 71.0 Å². The van der Waals surface area contributed by atoms with Crippen LogP contribution in [0.25, 0.3) is 0 Å². The highest BCUT2D eigenvalue weighted by molar-refractivity contribution is 5.74. The van der Waals surface area contributed by atoms with Crippen LogP contribution in [0.3, 0.4) is 0 Å². The fourth-order valence-corrected chi connectivity index (χ4v) is 3.85. The van der Waals surface area contributed by atoms with Gasteiger partial charge in [-0.3, -0.25) is 0 Å². The van der Waals surface area contributed by atoms with Crippen LogP contribution in [-0.4, -0.2) is 29.7 Å². The summed E-state index contributed by atoms with van der Waals surface area (Å²) in [5.41, 5.74) is 2.60. The molecule has 1 fully saturated rings. The van der Waals surface area contributed by atoms with Gasteiger partial charge in [0.15, 0.2) is 0 Å². The Hall–Kier alpha value is -1.55. The van der Waals surface area contributed by atoms with Gasteiger partial charge in [-0.05, 0) is 59.4 Å². The van der Waals surface area contributed by atoms with Crippen LogP contribution in [0, 0.1) is 6.92 Å². The lowest BCUT2D eigenvalue weighted by Gasteiger charge is -2.46. The van der Waals surface area contributed by atoms with E-state index < -0.39 is 0 Å². The molecule has 1 aliphatic rings. The normalized spacial score (nSPS) is 20.0. The smallest absolute Gasteiger partial charge is 0.315 e. The summed E-state index contributed by atoms with van der Waals surface area (Å²) in [6.45, 7) is 11.5. The van der Waals surface area contributed by atoms with Crippen LogP contribution >= 0.6 is 0 Å². The maximum absolute atomic E-state index is 12.1. The third-order valence-corrected chi connectivity index (χ3v) is 4.31. The molecule has 1 aliphatic heterocycles. The number of nitrogens with one attached hydrogen (secondary N) is 3. The first-order valence-electron chi connectivity index (χ1n) is 8.54. The molecule has 2 amide bonds. The molecule has 3 N–H and O–H groups in total. The van der Waals surface area contributed by atoms with E-state index in [1.165, 1.54) is 11.1 Å². The Bertz CT molecular complexity index is 535. The maximum Gasteiger partial charge on any atom is 0.315 e. The Morgan fingerprint density at radius 3 is 2.48 bits per heavy atom. The van der Waals surface area contributed by atoms with Crippen LogP contribution in [0.4, 0.5) is 4.79 Å². The zero-order valence-electron chi connectivity index (χ0n) is 15.1. The molecule has 1 heterocycles. The highest BCUT2D eigenvalue weighted by Gasteiger charge is 2.38. The van der Waals surface area contributed by atoms with Gasteiger partial charge in [-0.25, -0.2) is 4.79 Å². The Labute approximate surface area is 140 Å². The number of amides is 2. The number of hydrogen-bond acceptors (Lipinski definition) is 2. The Kier molecular flexibility index (Phi) is 5.35. The van der Waals surface area contributed by atoms with E-state index in [0.717, 1.165) is 19.3 Å². The first kappa shape index (κ1) is 17.8. The Morgan fingerprint density at radius 1 is 1.22 bits per heavy atom. The second-order valence-corrected chi connectivity index (χ2v) is 8.14. The first-order valence-corrected chi connectivity index (χ1v) is 8.54. The highest BCUT2D eigenvalue weighted by atomic mass is 16.2. The van der Waals surface area contributed by atoms with E-state index in [1.54, 1.807) is 0 Å². The van der Waals surface area contributed by atoms with Crippen molar-refractivity contribution in [1.82, 2.24) is 16.0 Å². The summed E-state index contributed by atoms with van der Waals surface area (Å²) >= 11 is 0. The molecular formula is C19H31N3O. The van der Waals surface area contributed by atoms with Crippen LogP contribution in [0.5, 0.6) is 0 Å². The van der Waals surface area contributed by atoms with E-state index in [1.807, 2.05) is 0 Å². The van der Waals surface area contributed by atoms with E-state index in [9.17, 15) is 4.79 Å². The molecule has 0 aliphatic carbocycles. The second-order valence-electron chi connectivity index (χ2n) is 8.14. The molecule has 0 aromatic heterocycles. The van der Waals surface area contributed by atoms with E-state index in [-0.39, 0.29) is 23.2 Å². The van der Waals surface area contributed by atoms with Crippen molar-refractivity contribution in [3.63, 3.8) is 0 Å². The molecule has 0 saturated carbocycles. The number of rotatable bonds is 4. The maximum atomic E-state index is 12.1. The molecule has 0 bridgehead atoms. The molecule has 1 saturated heterocycles. The molecule has 0 unspecified atom stereocenters. The lowest BCUT2D eigenvalue weighted by atomic mass is 9.80. The SMILES string of the molecule is Cc1cccc(CCNC(=O)NC2CC(C)(C)NC(C)(C)C2)c1. The van der Waals surface area contributed by atoms with Gasteiger partial charge in [0.1, 0.15) is 0 Å². The fraction of sp³-hybridized carbons (Fsp3) is 0.632. The quantitative estimate of drug-likeness (QED) is 0.799. The van der Waals surface area contributed by atoms with Crippen LogP contribution in [0.1, 0.15) is 51.7 Å². The van der Waals surface area contributed by atoms with Gasteiger partial charge in [0.05, 0.1) is 0 Å². The van der Waals surface area contributed by atoms with E-state index >= 15 is 0 Å². The first-order chi connectivity index (χ1) is 10.7. The van der Waals surface area contributed by atoms with Crippen molar-refractivity contribution in [2.75, 3.05) is 6.54 Å². The fourth-order valence-electron chi connectivity index (χ4n) is 3.85. The van der Waals surface area contributed by atoms with Gasteiger partial charge in [0, 0.05) is 23.7 Å². The lowest BCUT2D eigenvalue weighted by molar-refractivity contribution is 0.147. The zero-order valence-corrected chi connectivity index (χ0v) is 15.1. The van der Waals surface area contributed by atoms with Crippen molar-refractivity contribution in [2.24, 2.45) is 0 Å². The van der Waals surface area contributed by atoms with Crippen molar-refractivity contribution in [3.05, 3.63) is 35.4 Å². The molecule has 1 aromatic rings. The van der Waals surface area contributed by atoms with Crippen LogP contribution in [-0.2, 0) is 6.42 Å². The minimum absolute atomic E-state index is 0.0429. The molecule has 0 spiro atoms. The number of aryl methyl sites for hydroxylation is 1. The zero-order chi connectivity index (χ0) is 17.1. The second kappa shape index (κ2) is 6.91. The molecular weight excluding hydrogens is 286 g/mol. The third-order valence-electron chi connectivity index (χ3n) is 4.31. The van der Waals surface area contributed by atoms with Gasteiger partial charge in [0.25, 0.3) is 0 Å². The molecule has 1 aromatic carbocycles. The van der Waals surface area contributed by atoms with E-state index in [2.05, 4.69) is 74.8 Å². The summed E-state index contributed by atoms with van der Waals surface area (Å²) in [6.07, 6.45) is 2.75. The van der Waals surface area contributed by atoms with Gasteiger partial charge in [0.2, 0.25) is 0 Å². The average Bonchev–Trinajstić information content (AvgIpc) is 2.34. The number of carbonyl (C=O) groups is 1. The molecule has 2 rings (SSSR count). The summed E-state index contributed by atoms with van der Waals surface area (Å²) in [5.74, 6) is 0. The largest absolute Gasteiger partial charge is 0.338 e. The lowest BCUT2D eigenvalue weighted by Crippen LogP contribution is -2.62. The topological polar surface area (TPSA) is 53.2 Å². The number of urea groups is 1. The predicted molar refractivity (Wildman–Crippen MR) is 95.7 cm³/mol. The van der Waals surface area contributed by atoms with Crippen LogP contribution in [0.2, 0.25) is 0 Å². The van der Waals surface area contributed by atoms with Crippen LogP contribution in [0.15, 0.2) is 24.3 Å². The van der Waals surface area contributed by atoms with Gasteiger partial charge in [-0.15, -0.1) is 0 Å². The predicted octanol–water partition coefficient (Wildman–Crippen LogP) is 3.15. The minimum atomic E-state index is -0.0591. The number of hydrogen-bond donors (Lipinski definition) is 3. The van der Waals surface area contributed by atoms with Crippen molar-refractivity contribution in [3.8, 4) is 0 Å². The summed E-state index contributed by atoms with van der Waals surface area (Å²) in [7, 11) is 0. The van der Waals surface area contributed by atoms with Crippen molar-refractivity contribution in [1.29, 1.82) is 0 Å². The summed E-state index contributed by atoms with van der Waals surface area (Å²) in [6, 6.07) is 8.56. The molecule has 128 valence electrons. The average molecular weight is 317 g/mol. The highest BCUT2D eigenvalue weighted by Crippen LogP contribution is 2.28. The minimum Gasteiger partial charge on any atom is -0.338 e. The number of benzene rings is 1. The molecule has 4 heteroatoms. The van der Waals surface area contributed by atoms with E-state index in [0.29, 0.717) is 6.54 Å².